The molecule has 0 aromatic carbocycles. The number of hydrogen-bond acceptors (Lipinski definition) is 4. The molecule has 21 heavy (non-hydrogen) atoms. The Balaban J connectivity index is 2.08. The fourth-order valence-electron chi connectivity index (χ4n) is 3.14. The number of nitrogens with zero attached hydrogens (tertiary/aromatic N) is 3. The summed E-state index contributed by atoms with van der Waals surface area (Å²) in [6, 6.07) is 2.09. The molecule has 4 nitrogen and oxygen atoms in total. The molecule has 0 bridgehead atoms. The number of aryl methyl sites for hydroxylation is 1. The van der Waals surface area contributed by atoms with E-state index in [0.717, 1.165) is 49.3 Å². The highest BCUT2D eigenvalue weighted by Crippen LogP contribution is 2.26. The van der Waals surface area contributed by atoms with Crippen LogP contribution >= 0.6 is 0 Å². The molecule has 0 saturated heterocycles. The van der Waals surface area contributed by atoms with Gasteiger partial charge in [-0.1, -0.05) is 26.2 Å². The summed E-state index contributed by atoms with van der Waals surface area (Å²) in [5.74, 6) is 3.81. The van der Waals surface area contributed by atoms with E-state index in [1.165, 1.54) is 32.1 Å². The van der Waals surface area contributed by atoms with Gasteiger partial charge in [0.1, 0.15) is 17.5 Å². The van der Waals surface area contributed by atoms with Crippen molar-refractivity contribution in [3.8, 4) is 0 Å². The minimum absolute atomic E-state index is 0.830. The highest BCUT2D eigenvalue weighted by molar-refractivity contribution is 5.49. The number of nitrogens with one attached hydrogen (secondary N) is 1. The van der Waals surface area contributed by atoms with E-state index in [4.69, 9.17) is 4.98 Å². The molecule has 0 amide bonds. The van der Waals surface area contributed by atoms with Gasteiger partial charge in [0.25, 0.3) is 0 Å². The van der Waals surface area contributed by atoms with Crippen molar-refractivity contribution < 1.29 is 0 Å². The normalized spacial score (nSPS) is 16.0. The van der Waals surface area contributed by atoms with Gasteiger partial charge in [0, 0.05) is 32.6 Å². The van der Waals surface area contributed by atoms with Crippen LogP contribution < -0.4 is 10.2 Å². The SMILES string of the molecule is CCCc1nc(NCC)cc(N(C)CC2CCCCC2)n1. The monoisotopic (exact) mass is 290 g/mol. The molecule has 0 radical (unpaired) electrons. The Kier molecular flexibility index (Phi) is 6.27. The van der Waals surface area contributed by atoms with Crippen LogP contribution in [0.25, 0.3) is 0 Å². The first-order chi connectivity index (χ1) is 10.2. The Labute approximate surface area is 129 Å². The predicted octanol–water partition coefficient (Wildman–Crippen LogP) is 3.88. The highest BCUT2D eigenvalue weighted by atomic mass is 15.2. The van der Waals surface area contributed by atoms with E-state index < -0.39 is 0 Å². The van der Waals surface area contributed by atoms with Crippen molar-refractivity contribution in [1.29, 1.82) is 0 Å². The first kappa shape index (κ1) is 16.1. The highest BCUT2D eigenvalue weighted by Gasteiger charge is 2.17. The molecule has 1 fully saturated rings. The maximum atomic E-state index is 4.75. The van der Waals surface area contributed by atoms with Gasteiger partial charge in [0.2, 0.25) is 0 Å². The van der Waals surface area contributed by atoms with E-state index in [1.54, 1.807) is 0 Å². The van der Waals surface area contributed by atoms with Crippen LogP contribution in [0.15, 0.2) is 6.07 Å². The van der Waals surface area contributed by atoms with Crippen molar-refractivity contribution in [2.75, 3.05) is 30.4 Å². The first-order valence-electron chi connectivity index (χ1n) is 8.55. The van der Waals surface area contributed by atoms with Gasteiger partial charge in [-0.05, 0) is 32.1 Å². The summed E-state index contributed by atoms with van der Waals surface area (Å²) < 4.78 is 0. The van der Waals surface area contributed by atoms with Gasteiger partial charge in [-0.2, -0.15) is 0 Å². The predicted molar refractivity (Wildman–Crippen MR) is 90.0 cm³/mol. The summed E-state index contributed by atoms with van der Waals surface area (Å²) in [5, 5.41) is 3.33. The molecule has 1 N–H and O–H groups in total. The zero-order chi connectivity index (χ0) is 15.1. The molecule has 1 aromatic rings. The second-order valence-electron chi connectivity index (χ2n) is 6.19. The molecule has 2 rings (SSSR count). The van der Waals surface area contributed by atoms with E-state index in [2.05, 4.69) is 42.2 Å². The number of aromatic nitrogens is 2. The van der Waals surface area contributed by atoms with Gasteiger partial charge in [-0.15, -0.1) is 0 Å². The number of hydrogen-bond donors (Lipinski definition) is 1. The van der Waals surface area contributed by atoms with Crippen LogP contribution in [-0.4, -0.2) is 30.1 Å². The smallest absolute Gasteiger partial charge is 0.134 e. The Morgan fingerprint density at radius 3 is 2.62 bits per heavy atom. The summed E-state index contributed by atoms with van der Waals surface area (Å²) in [7, 11) is 2.17. The molecule has 1 aliphatic carbocycles. The van der Waals surface area contributed by atoms with E-state index >= 15 is 0 Å². The molecule has 4 heteroatoms. The van der Waals surface area contributed by atoms with Crippen molar-refractivity contribution in [3.63, 3.8) is 0 Å². The van der Waals surface area contributed by atoms with Crippen LogP contribution in [0.1, 0.15) is 58.2 Å². The maximum Gasteiger partial charge on any atom is 0.134 e. The minimum Gasteiger partial charge on any atom is -0.370 e. The molecule has 118 valence electrons. The molecule has 1 saturated carbocycles. The van der Waals surface area contributed by atoms with Crippen molar-refractivity contribution in [2.45, 2.75) is 58.8 Å². The van der Waals surface area contributed by atoms with Crippen molar-refractivity contribution in [1.82, 2.24) is 9.97 Å². The van der Waals surface area contributed by atoms with E-state index in [-0.39, 0.29) is 0 Å². The molecule has 0 unspecified atom stereocenters. The molecule has 0 aliphatic heterocycles. The Hall–Kier alpha value is -1.32. The Morgan fingerprint density at radius 2 is 1.95 bits per heavy atom. The standard InChI is InChI=1S/C17H30N4/c1-4-9-15-19-16(18-5-2)12-17(20-15)21(3)13-14-10-7-6-8-11-14/h12,14H,4-11,13H2,1-3H3,(H,18,19,20). The van der Waals surface area contributed by atoms with Crippen molar-refractivity contribution in [2.24, 2.45) is 5.92 Å². The second kappa shape index (κ2) is 8.20. The minimum atomic E-state index is 0.830. The third-order valence-corrected chi connectivity index (χ3v) is 4.24. The number of rotatable bonds is 7. The quantitative estimate of drug-likeness (QED) is 0.827. The fourth-order valence-corrected chi connectivity index (χ4v) is 3.14. The molecule has 0 spiro atoms. The van der Waals surface area contributed by atoms with E-state index in [9.17, 15) is 0 Å². The molecule has 1 aromatic heterocycles. The summed E-state index contributed by atoms with van der Waals surface area (Å²) in [4.78, 5) is 11.7. The first-order valence-corrected chi connectivity index (χ1v) is 8.55. The van der Waals surface area contributed by atoms with Crippen molar-refractivity contribution in [3.05, 3.63) is 11.9 Å². The van der Waals surface area contributed by atoms with Crippen LogP contribution in [0.3, 0.4) is 0 Å². The number of anilines is 2. The second-order valence-corrected chi connectivity index (χ2v) is 6.19. The Morgan fingerprint density at radius 1 is 1.19 bits per heavy atom. The van der Waals surface area contributed by atoms with Crippen LogP contribution in [0, 0.1) is 5.92 Å². The summed E-state index contributed by atoms with van der Waals surface area (Å²) in [6.07, 6.45) is 8.98. The lowest BCUT2D eigenvalue weighted by Gasteiger charge is -2.28. The topological polar surface area (TPSA) is 41.1 Å². The van der Waals surface area contributed by atoms with Gasteiger partial charge in [-0.25, -0.2) is 9.97 Å². The molecule has 1 heterocycles. The third kappa shape index (κ3) is 4.87. The Bertz CT molecular complexity index is 403. The average Bonchev–Trinajstić information content (AvgIpc) is 2.49. The molecular weight excluding hydrogens is 260 g/mol. The maximum absolute atomic E-state index is 4.75. The zero-order valence-corrected chi connectivity index (χ0v) is 13.9. The van der Waals surface area contributed by atoms with Crippen LogP contribution in [0.5, 0.6) is 0 Å². The van der Waals surface area contributed by atoms with Gasteiger partial charge in [0.05, 0.1) is 0 Å². The van der Waals surface area contributed by atoms with Crippen molar-refractivity contribution >= 4 is 11.6 Å². The largest absolute Gasteiger partial charge is 0.370 e. The lowest BCUT2D eigenvalue weighted by Crippen LogP contribution is -2.28. The van der Waals surface area contributed by atoms with Gasteiger partial charge < -0.3 is 10.2 Å². The van der Waals surface area contributed by atoms with Gasteiger partial charge >= 0.3 is 0 Å². The zero-order valence-electron chi connectivity index (χ0n) is 13.9. The van der Waals surface area contributed by atoms with Crippen LogP contribution in [0.4, 0.5) is 11.6 Å². The third-order valence-electron chi connectivity index (χ3n) is 4.24. The van der Waals surface area contributed by atoms with E-state index in [0.29, 0.717) is 0 Å². The van der Waals surface area contributed by atoms with E-state index in [1.807, 2.05) is 0 Å². The lowest BCUT2D eigenvalue weighted by molar-refractivity contribution is 0.361. The molecular formula is C17H30N4. The lowest BCUT2D eigenvalue weighted by atomic mass is 9.89. The van der Waals surface area contributed by atoms with Gasteiger partial charge in [0.15, 0.2) is 0 Å². The molecule has 0 atom stereocenters. The van der Waals surface area contributed by atoms with Crippen LogP contribution in [-0.2, 0) is 6.42 Å². The average molecular weight is 290 g/mol. The summed E-state index contributed by atoms with van der Waals surface area (Å²) in [5.41, 5.74) is 0. The van der Waals surface area contributed by atoms with Crippen LogP contribution in [0.2, 0.25) is 0 Å². The molecule has 1 aliphatic rings. The summed E-state index contributed by atoms with van der Waals surface area (Å²) in [6.45, 7) is 6.30. The summed E-state index contributed by atoms with van der Waals surface area (Å²) >= 11 is 0. The van der Waals surface area contributed by atoms with Gasteiger partial charge in [-0.3, -0.25) is 0 Å². The fraction of sp³-hybridized carbons (Fsp3) is 0.765.